The average molecular weight is 666 g/mol. The van der Waals surface area contributed by atoms with E-state index in [0.717, 1.165) is 0 Å². The molecule has 0 amide bonds. The molecule has 4 N–H and O–H groups in total. The third-order valence-electron chi connectivity index (χ3n) is 9.12. The Morgan fingerprint density at radius 3 is 2.27 bits per heavy atom. The average Bonchev–Trinajstić information content (AvgIpc) is 3.48. The van der Waals surface area contributed by atoms with E-state index >= 15 is 0 Å². The van der Waals surface area contributed by atoms with Crippen LogP contribution >= 0.6 is 0 Å². The molecular weight excluding hydrogens is 611 g/mol. The van der Waals surface area contributed by atoms with Crippen molar-refractivity contribution in [3.05, 3.63) is 16.7 Å². The molecule has 0 aliphatic carbocycles. The summed E-state index contributed by atoms with van der Waals surface area (Å²) in [6.45, 7) is 25.7. The van der Waals surface area contributed by atoms with Crippen LogP contribution in [0.15, 0.2) is 11.1 Å². The highest BCUT2D eigenvalue weighted by atomic mass is 28.4. The zero-order valence-corrected chi connectivity index (χ0v) is 32.1. The molecule has 248 valence electrons. The molecule has 3 heterocycles. The number of anilines is 1. The Labute approximate surface area is 267 Å². The minimum absolute atomic E-state index is 0.0701. The van der Waals surface area contributed by atoms with Crippen LogP contribution in [0.3, 0.4) is 0 Å². The standard InChI is InChI=1S/C30H55N5O6Si3/c1-18(2)15-31-29-33-27-25(28(36)34-29)32-17-35(27)30(37)23(13-14-42-11)26(41-44(38,21(7)8)22(9)10)24(40-30)16-39-43(12,19(3)4)20(5)6/h17-24,26,37-38H,15-16,42H2,1-12H3,(H2,31,33,34,36)/t23?,24-,26-,30-/m1/s1. The molecule has 2 aromatic rings. The first kappa shape index (κ1) is 36.6. The molecule has 0 aromatic carbocycles. The van der Waals surface area contributed by atoms with E-state index in [-0.39, 0.29) is 34.8 Å². The number of hydrogen-bond donors (Lipinski definition) is 4. The van der Waals surface area contributed by atoms with Crippen LogP contribution in [0, 0.1) is 23.3 Å². The van der Waals surface area contributed by atoms with Gasteiger partial charge in [-0.05, 0) is 34.6 Å². The van der Waals surface area contributed by atoms with Crippen molar-refractivity contribution in [2.75, 3.05) is 18.5 Å². The lowest BCUT2D eigenvalue weighted by Crippen LogP contribution is -2.53. The van der Waals surface area contributed by atoms with Crippen LogP contribution < -0.4 is 10.9 Å². The number of H-pyrrole nitrogens is 1. The first-order valence-corrected chi connectivity index (χ1v) is 22.8. The van der Waals surface area contributed by atoms with Gasteiger partial charge in [0.2, 0.25) is 5.95 Å². The number of nitrogens with one attached hydrogen (secondary N) is 2. The maximum Gasteiger partial charge on any atom is 0.341 e. The molecule has 3 rings (SSSR count). The number of nitrogens with zero attached hydrogens (tertiary/aromatic N) is 3. The molecular formula is C30H55N5O6Si3. The monoisotopic (exact) mass is 665 g/mol. The van der Waals surface area contributed by atoms with Crippen molar-refractivity contribution in [3.8, 4) is 11.5 Å². The Balaban J connectivity index is 2.21. The molecule has 2 aromatic heterocycles. The number of rotatable bonds is 13. The SMILES string of the molecule is C[SiH2]C#CC1[C@@H](O[Si](O)(C(C)C)C(C)C)[C@@H](CO[Si](C)(C(C)C)C(C)C)O[C@@]1(O)n1cnc2c(=O)[nH]c(NCC(C)C)nc21. The van der Waals surface area contributed by atoms with Gasteiger partial charge < -0.3 is 28.8 Å². The van der Waals surface area contributed by atoms with Gasteiger partial charge in [-0.2, -0.15) is 4.98 Å². The third-order valence-corrected chi connectivity index (χ3v) is 19.0. The van der Waals surface area contributed by atoms with E-state index in [1.54, 1.807) is 0 Å². The highest BCUT2D eigenvalue weighted by Gasteiger charge is 2.60. The van der Waals surface area contributed by atoms with Crippen LogP contribution in [-0.2, 0) is 19.5 Å². The molecule has 0 spiro atoms. The summed E-state index contributed by atoms with van der Waals surface area (Å²) in [4.78, 5) is 36.7. The Bertz CT molecular complexity index is 1370. The first-order chi connectivity index (χ1) is 20.4. The summed E-state index contributed by atoms with van der Waals surface area (Å²) in [5.74, 6) is 0.862. The Hall–Kier alpha value is -1.84. The molecule has 11 nitrogen and oxygen atoms in total. The van der Waals surface area contributed by atoms with E-state index in [1.807, 2.05) is 27.7 Å². The number of aliphatic hydroxyl groups is 1. The largest absolute Gasteiger partial charge is 0.414 e. The number of imidazole rings is 1. The van der Waals surface area contributed by atoms with Crippen LogP contribution in [0.1, 0.15) is 69.2 Å². The number of hydrogen-bond acceptors (Lipinski definition) is 9. The zero-order valence-electron chi connectivity index (χ0n) is 28.7. The number of fused-ring (bicyclic) bond motifs is 1. The van der Waals surface area contributed by atoms with Crippen molar-refractivity contribution in [2.45, 2.75) is 123 Å². The maximum absolute atomic E-state index is 13.0. The topological polar surface area (TPSA) is 144 Å². The van der Waals surface area contributed by atoms with Crippen LogP contribution in [-0.4, -0.2) is 81.2 Å². The normalized spacial score (nSPS) is 23.3. The van der Waals surface area contributed by atoms with Gasteiger partial charge >= 0.3 is 8.56 Å². The van der Waals surface area contributed by atoms with E-state index < -0.39 is 56.0 Å². The van der Waals surface area contributed by atoms with E-state index in [1.165, 1.54) is 10.9 Å². The molecule has 1 fully saturated rings. The fraction of sp³-hybridized carbons (Fsp3) is 0.767. The van der Waals surface area contributed by atoms with E-state index in [2.05, 4.69) is 86.4 Å². The van der Waals surface area contributed by atoms with Crippen molar-refractivity contribution in [3.63, 3.8) is 0 Å². The van der Waals surface area contributed by atoms with Crippen molar-refractivity contribution >= 4 is 43.5 Å². The fourth-order valence-corrected chi connectivity index (χ4v) is 11.2. The fourth-order valence-electron chi connectivity index (χ4n) is 5.61. The summed E-state index contributed by atoms with van der Waals surface area (Å²) in [6.07, 6.45) is -0.186. The third kappa shape index (κ3) is 7.25. The second-order valence-corrected chi connectivity index (χ2v) is 24.0. The highest BCUT2D eigenvalue weighted by molar-refractivity contribution is 6.75. The van der Waals surface area contributed by atoms with Crippen molar-refractivity contribution in [1.82, 2.24) is 19.5 Å². The molecule has 0 saturated carbocycles. The maximum atomic E-state index is 13.0. The summed E-state index contributed by atoms with van der Waals surface area (Å²) in [5, 5.41) is 15.7. The Morgan fingerprint density at radius 2 is 1.75 bits per heavy atom. The van der Waals surface area contributed by atoms with Gasteiger partial charge in [-0.25, -0.2) is 4.98 Å². The van der Waals surface area contributed by atoms with Gasteiger partial charge in [-0.15, -0.1) is 5.54 Å². The van der Waals surface area contributed by atoms with Crippen LogP contribution in [0.4, 0.5) is 5.95 Å². The predicted octanol–water partition coefficient (Wildman–Crippen LogP) is 4.03. The van der Waals surface area contributed by atoms with E-state index in [0.29, 0.717) is 23.5 Å². The van der Waals surface area contributed by atoms with Crippen molar-refractivity contribution in [2.24, 2.45) is 11.8 Å². The number of aromatic nitrogens is 4. The molecule has 14 heteroatoms. The quantitative estimate of drug-likeness (QED) is 0.184. The minimum atomic E-state index is -3.35. The summed E-state index contributed by atoms with van der Waals surface area (Å²) in [6, 6.07) is 0. The molecule has 1 aliphatic heterocycles. The minimum Gasteiger partial charge on any atom is -0.414 e. The lowest BCUT2D eigenvalue weighted by molar-refractivity contribution is -0.265. The van der Waals surface area contributed by atoms with Gasteiger partial charge in [0.15, 0.2) is 19.5 Å². The second kappa shape index (κ2) is 14.3. The lowest BCUT2D eigenvalue weighted by Gasteiger charge is -2.39. The molecule has 1 saturated heterocycles. The Kier molecular flexibility index (Phi) is 11.9. The van der Waals surface area contributed by atoms with Gasteiger partial charge in [0.1, 0.15) is 27.9 Å². The van der Waals surface area contributed by atoms with Crippen LogP contribution in [0.2, 0.25) is 35.3 Å². The summed E-state index contributed by atoms with van der Waals surface area (Å²) < 4.78 is 21.5. The second-order valence-electron chi connectivity index (χ2n) is 13.9. The van der Waals surface area contributed by atoms with Crippen LogP contribution in [0.5, 0.6) is 0 Å². The van der Waals surface area contributed by atoms with Crippen molar-refractivity contribution in [1.29, 1.82) is 0 Å². The molecule has 0 bridgehead atoms. The van der Waals surface area contributed by atoms with Gasteiger partial charge in [0.05, 0.1) is 12.7 Å². The number of ether oxygens (including phenoxy) is 1. The van der Waals surface area contributed by atoms with Gasteiger partial charge in [0, 0.05) is 6.54 Å². The van der Waals surface area contributed by atoms with Crippen LogP contribution in [0.25, 0.3) is 11.2 Å². The molecule has 0 radical (unpaired) electrons. The van der Waals surface area contributed by atoms with Crippen molar-refractivity contribution < 1.29 is 23.5 Å². The zero-order chi connectivity index (χ0) is 33.2. The molecule has 44 heavy (non-hydrogen) atoms. The van der Waals surface area contributed by atoms with Gasteiger partial charge in [-0.1, -0.05) is 81.7 Å². The van der Waals surface area contributed by atoms with Gasteiger partial charge in [0.25, 0.3) is 11.5 Å². The summed E-state index contributed by atoms with van der Waals surface area (Å²) in [7, 11) is -6.31. The summed E-state index contributed by atoms with van der Waals surface area (Å²) in [5.41, 5.74) is 3.48. The van der Waals surface area contributed by atoms with E-state index in [4.69, 9.17) is 13.6 Å². The smallest absolute Gasteiger partial charge is 0.341 e. The number of aromatic amines is 1. The predicted molar refractivity (Wildman–Crippen MR) is 183 cm³/mol. The Morgan fingerprint density at radius 1 is 1.14 bits per heavy atom. The molecule has 1 unspecified atom stereocenters. The first-order valence-electron chi connectivity index (χ1n) is 16.1. The highest BCUT2D eigenvalue weighted by Crippen LogP contribution is 2.45. The molecule has 4 atom stereocenters. The van der Waals surface area contributed by atoms with E-state index in [9.17, 15) is 14.7 Å². The van der Waals surface area contributed by atoms with Gasteiger partial charge in [-0.3, -0.25) is 14.3 Å². The lowest BCUT2D eigenvalue weighted by atomic mass is 9.99. The summed E-state index contributed by atoms with van der Waals surface area (Å²) >= 11 is 0. The molecule has 1 aliphatic rings.